The molecule has 1 unspecified atom stereocenters. The van der Waals surface area contributed by atoms with Gasteiger partial charge in [0.2, 0.25) is 5.91 Å². The molecule has 0 spiro atoms. The van der Waals surface area contributed by atoms with Crippen molar-refractivity contribution in [3.05, 3.63) is 60.2 Å². The summed E-state index contributed by atoms with van der Waals surface area (Å²) in [5.74, 6) is 0.0523. The van der Waals surface area contributed by atoms with Crippen molar-refractivity contribution in [3.8, 4) is 11.1 Å². The molecule has 3 nitrogen and oxygen atoms in total. The molecule has 0 saturated carbocycles. The quantitative estimate of drug-likeness (QED) is 0.859. The van der Waals surface area contributed by atoms with E-state index in [0.29, 0.717) is 6.54 Å². The van der Waals surface area contributed by atoms with E-state index in [-0.39, 0.29) is 11.9 Å². The van der Waals surface area contributed by atoms with Gasteiger partial charge < -0.3 is 10.6 Å². The number of piperazine rings is 1. The number of carbonyl (C=O) groups is 1. The van der Waals surface area contributed by atoms with Gasteiger partial charge in [-0.1, -0.05) is 48.5 Å². The molecule has 0 bridgehead atoms. The maximum Gasteiger partial charge on any atom is 0.241 e. The predicted molar refractivity (Wildman–Crippen MR) is 75.6 cm³/mol. The van der Waals surface area contributed by atoms with Gasteiger partial charge in [0.05, 0.1) is 0 Å². The first-order valence-corrected chi connectivity index (χ1v) is 6.51. The van der Waals surface area contributed by atoms with E-state index in [1.54, 1.807) is 0 Å². The molecule has 1 heterocycles. The lowest BCUT2D eigenvalue weighted by atomic mass is 9.98. The van der Waals surface area contributed by atoms with Gasteiger partial charge in [-0.25, -0.2) is 0 Å². The zero-order chi connectivity index (χ0) is 13.1. The lowest BCUT2D eigenvalue weighted by molar-refractivity contribution is -0.124. The van der Waals surface area contributed by atoms with E-state index >= 15 is 0 Å². The third-order valence-corrected chi connectivity index (χ3v) is 3.36. The normalized spacial score (nSPS) is 18.9. The molecule has 1 aliphatic heterocycles. The number of carbonyl (C=O) groups excluding carboxylic acids is 1. The maximum atomic E-state index is 11.9. The molecule has 96 valence electrons. The highest BCUT2D eigenvalue weighted by Gasteiger charge is 2.23. The topological polar surface area (TPSA) is 41.1 Å². The third kappa shape index (κ3) is 2.51. The lowest BCUT2D eigenvalue weighted by Crippen LogP contribution is -2.47. The highest BCUT2D eigenvalue weighted by Crippen LogP contribution is 2.23. The molecule has 19 heavy (non-hydrogen) atoms. The van der Waals surface area contributed by atoms with Gasteiger partial charge in [0.1, 0.15) is 6.04 Å². The summed E-state index contributed by atoms with van der Waals surface area (Å²) in [4.78, 5) is 11.9. The fourth-order valence-corrected chi connectivity index (χ4v) is 2.39. The molecule has 0 aromatic heterocycles. The van der Waals surface area contributed by atoms with Crippen molar-refractivity contribution in [3.63, 3.8) is 0 Å². The van der Waals surface area contributed by atoms with E-state index in [9.17, 15) is 4.79 Å². The fraction of sp³-hybridized carbons (Fsp3) is 0.188. The first-order valence-electron chi connectivity index (χ1n) is 6.51. The Morgan fingerprint density at radius 1 is 0.895 bits per heavy atom. The molecule has 1 atom stereocenters. The van der Waals surface area contributed by atoms with Crippen molar-refractivity contribution in [1.82, 2.24) is 10.6 Å². The summed E-state index contributed by atoms with van der Waals surface area (Å²) in [5.41, 5.74) is 3.32. The monoisotopic (exact) mass is 252 g/mol. The van der Waals surface area contributed by atoms with Gasteiger partial charge in [-0.2, -0.15) is 0 Å². The minimum atomic E-state index is -0.239. The van der Waals surface area contributed by atoms with Crippen LogP contribution in [0, 0.1) is 0 Å². The summed E-state index contributed by atoms with van der Waals surface area (Å²) in [6.07, 6.45) is 0. The van der Waals surface area contributed by atoms with Gasteiger partial charge >= 0.3 is 0 Å². The van der Waals surface area contributed by atoms with Gasteiger partial charge in [0, 0.05) is 13.1 Å². The minimum Gasteiger partial charge on any atom is -0.353 e. The largest absolute Gasteiger partial charge is 0.353 e. The Kier molecular flexibility index (Phi) is 3.29. The molecule has 3 rings (SSSR count). The van der Waals surface area contributed by atoms with Crippen LogP contribution in [0.25, 0.3) is 11.1 Å². The number of nitrogens with one attached hydrogen (secondary N) is 2. The molecule has 1 saturated heterocycles. The van der Waals surface area contributed by atoms with Crippen LogP contribution in [-0.2, 0) is 4.79 Å². The van der Waals surface area contributed by atoms with Crippen LogP contribution in [0.4, 0.5) is 0 Å². The van der Waals surface area contributed by atoms with E-state index in [0.717, 1.165) is 17.7 Å². The van der Waals surface area contributed by atoms with Crippen molar-refractivity contribution in [2.45, 2.75) is 6.04 Å². The van der Waals surface area contributed by atoms with E-state index in [1.165, 1.54) is 5.56 Å². The highest BCUT2D eigenvalue weighted by atomic mass is 16.2. The molecular weight excluding hydrogens is 236 g/mol. The molecule has 1 fully saturated rings. The van der Waals surface area contributed by atoms with Crippen molar-refractivity contribution >= 4 is 5.91 Å². The second-order valence-corrected chi connectivity index (χ2v) is 4.67. The number of benzene rings is 2. The van der Waals surface area contributed by atoms with E-state index < -0.39 is 0 Å². The van der Waals surface area contributed by atoms with E-state index in [1.807, 2.05) is 30.3 Å². The Morgan fingerprint density at radius 2 is 1.68 bits per heavy atom. The molecule has 0 radical (unpaired) electrons. The lowest BCUT2D eigenvalue weighted by Gasteiger charge is -2.24. The molecule has 2 aromatic rings. The van der Waals surface area contributed by atoms with Gasteiger partial charge in [0.25, 0.3) is 0 Å². The number of rotatable bonds is 2. The number of amides is 1. The molecule has 1 amide bonds. The highest BCUT2D eigenvalue weighted by molar-refractivity contribution is 5.84. The second-order valence-electron chi connectivity index (χ2n) is 4.67. The first kappa shape index (κ1) is 11.9. The zero-order valence-electron chi connectivity index (χ0n) is 10.6. The van der Waals surface area contributed by atoms with Crippen LogP contribution in [0.15, 0.2) is 54.6 Å². The second kappa shape index (κ2) is 5.24. The van der Waals surface area contributed by atoms with Crippen LogP contribution >= 0.6 is 0 Å². The van der Waals surface area contributed by atoms with Crippen LogP contribution in [0.5, 0.6) is 0 Å². The number of hydrogen-bond acceptors (Lipinski definition) is 2. The Hall–Kier alpha value is -2.13. The summed E-state index contributed by atoms with van der Waals surface area (Å²) in [7, 11) is 0. The van der Waals surface area contributed by atoms with E-state index in [2.05, 4.69) is 34.9 Å². The predicted octanol–water partition coefficient (Wildman–Crippen LogP) is 2.11. The molecule has 0 aliphatic carbocycles. The summed E-state index contributed by atoms with van der Waals surface area (Å²) >= 11 is 0. The fourth-order valence-electron chi connectivity index (χ4n) is 2.39. The average molecular weight is 252 g/mol. The SMILES string of the molecule is O=C1NCCNC1c1cccc(-c2ccccc2)c1. The Morgan fingerprint density at radius 3 is 2.47 bits per heavy atom. The summed E-state index contributed by atoms with van der Waals surface area (Å²) < 4.78 is 0. The molecule has 1 aliphatic rings. The Bertz CT molecular complexity index is 580. The zero-order valence-corrected chi connectivity index (χ0v) is 10.6. The average Bonchev–Trinajstić information content (AvgIpc) is 2.49. The van der Waals surface area contributed by atoms with Crippen molar-refractivity contribution in [2.75, 3.05) is 13.1 Å². The summed E-state index contributed by atoms with van der Waals surface area (Å²) in [6.45, 7) is 1.51. The van der Waals surface area contributed by atoms with Crippen molar-refractivity contribution < 1.29 is 4.79 Å². The standard InChI is InChI=1S/C16H16N2O/c19-16-15(17-9-10-18-16)14-8-4-7-13(11-14)12-5-2-1-3-6-12/h1-8,11,15,17H,9-10H2,(H,18,19). The summed E-state index contributed by atoms with van der Waals surface area (Å²) in [5, 5.41) is 6.14. The van der Waals surface area contributed by atoms with Gasteiger partial charge in [-0.3, -0.25) is 4.79 Å². The molecule has 2 aromatic carbocycles. The first-order chi connectivity index (χ1) is 9.34. The van der Waals surface area contributed by atoms with Gasteiger partial charge in [-0.15, -0.1) is 0 Å². The van der Waals surface area contributed by atoms with E-state index in [4.69, 9.17) is 0 Å². The Labute approximate surface area is 112 Å². The maximum absolute atomic E-state index is 11.9. The van der Waals surface area contributed by atoms with Crippen LogP contribution < -0.4 is 10.6 Å². The number of hydrogen-bond donors (Lipinski definition) is 2. The van der Waals surface area contributed by atoms with Crippen molar-refractivity contribution in [2.24, 2.45) is 0 Å². The van der Waals surface area contributed by atoms with Crippen LogP contribution in [0.2, 0.25) is 0 Å². The summed E-state index contributed by atoms with van der Waals surface area (Å²) in [6, 6.07) is 18.1. The van der Waals surface area contributed by atoms with Gasteiger partial charge in [-0.05, 0) is 22.8 Å². The minimum absolute atomic E-state index is 0.0523. The Balaban J connectivity index is 1.94. The van der Waals surface area contributed by atoms with Crippen molar-refractivity contribution in [1.29, 1.82) is 0 Å². The van der Waals surface area contributed by atoms with Crippen LogP contribution in [-0.4, -0.2) is 19.0 Å². The van der Waals surface area contributed by atoms with Gasteiger partial charge in [0.15, 0.2) is 0 Å². The van der Waals surface area contributed by atoms with Crippen LogP contribution in [0.1, 0.15) is 11.6 Å². The molecule has 3 heteroatoms. The molecular formula is C16H16N2O. The van der Waals surface area contributed by atoms with Crippen LogP contribution in [0.3, 0.4) is 0 Å². The smallest absolute Gasteiger partial charge is 0.241 e. The molecule has 2 N–H and O–H groups in total. The third-order valence-electron chi connectivity index (χ3n) is 3.36.